The summed E-state index contributed by atoms with van der Waals surface area (Å²) in [6.07, 6.45) is 1.41. The molecule has 3 fully saturated rings. The maximum atomic E-state index is 14.2. The molecule has 1 aromatic rings. The van der Waals surface area contributed by atoms with Crippen molar-refractivity contribution in [2.45, 2.75) is 43.0 Å². The van der Waals surface area contributed by atoms with Gasteiger partial charge in [-0.25, -0.2) is 4.98 Å². The van der Waals surface area contributed by atoms with Crippen LogP contribution in [0.5, 0.6) is 0 Å². The standard InChI is InChI=1S/C23H26ClN5O5S2/c1-14(30)35-21(3)20(33)29-18(16-4-5-17(24)26-10-16)22(12-25,13-28-6-8-34-9-7-28)11-23(29,19(32)27-21)36-15(2)31/h4-5,10,18H,6-9,11,13H2,1-3H3,(H,27,32)/t18-,21-,22+,23-/m0/s1. The van der Waals surface area contributed by atoms with Gasteiger partial charge >= 0.3 is 0 Å². The highest BCUT2D eigenvalue weighted by molar-refractivity contribution is 8.16. The molecule has 13 heteroatoms. The number of carbonyl (C=O) groups is 4. The highest BCUT2D eigenvalue weighted by atomic mass is 35.5. The van der Waals surface area contributed by atoms with Crippen LogP contribution in [0.4, 0.5) is 0 Å². The maximum absolute atomic E-state index is 14.2. The van der Waals surface area contributed by atoms with E-state index in [1.165, 1.54) is 31.9 Å². The average Bonchev–Trinajstić information content (AvgIpc) is 3.09. The van der Waals surface area contributed by atoms with Crippen LogP contribution in [-0.4, -0.2) is 79.4 Å². The zero-order valence-electron chi connectivity index (χ0n) is 20.1. The molecule has 4 heterocycles. The van der Waals surface area contributed by atoms with Gasteiger partial charge < -0.3 is 15.0 Å². The van der Waals surface area contributed by atoms with Crippen LogP contribution in [0.2, 0.25) is 5.15 Å². The molecule has 1 N–H and O–H groups in total. The van der Waals surface area contributed by atoms with Gasteiger partial charge in [0, 0.05) is 46.1 Å². The predicted octanol–water partition coefficient (Wildman–Crippen LogP) is 1.95. The number of hydrogen-bond donors (Lipinski definition) is 1. The van der Waals surface area contributed by atoms with Crippen molar-refractivity contribution in [3.05, 3.63) is 29.0 Å². The highest BCUT2D eigenvalue weighted by Gasteiger charge is 2.71. The topological polar surface area (TPSA) is 133 Å². The second kappa shape index (κ2) is 9.95. The number of piperazine rings is 1. The lowest BCUT2D eigenvalue weighted by molar-refractivity contribution is -0.152. The first-order valence-corrected chi connectivity index (χ1v) is 13.4. The minimum atomic E-state index is -1.67. The lowest BCUT2D eigenvalue weighted by Crippen LogP contribution is -2.71. The monoisotopic (exact) mass is 551 g/mol. The average molecular weight is 552 g/mol. The molecule has 3 saturated heterocycles. The Morgan fingerprint density at radius 1 is 1.25 bits per heavy atom. The van der Waals surface area contributed by atoms with Crippen LogP contribution in [0.15, 0.2) is 18.3 Å². The van der Waals surface area contributed by atoms with Crippen molar-refractivity contribution in [2.75, 3.05) is 32.8 Å². The van der Waals surface area contributed by atoms with Gasteiger partial charge in [-0.05, 0) is 30.3 Å². The van der Waals surface area contributed by atoms with E-state index in [1.54, 1.807) is 12.1 Å². The molecule has 3 aliphatic rings. The molecule has 2 amide bonds. The van der Waals surface area contributed by atoms with Crippen molar-refractivity contribution < 1.29 is 23.9 Å². The van der Waals surface area contributed by atoms with E-state index in [4.69, 9.17) is 16.3 Å². The summed E-state index contributed by atoms with van der Waals surface area (Å²) in [5, 5.41) is 12.9. The zero-order chi connectivity index (χ0) is 26.3. The minimum absolute atomic E-state index is 0.0796. The number of amides is 2. The summed E-state index contributed by atoms with van der Waals surface area (Å²) < 4.78 is 5.46. The number of thioether (sulfide) groups is 2. The van der Waals surface area contributed by atoms with Gasteiger partial charge in [0.15, 0.2) is 20.0 Å². The Labute approximate surface area is 222 Å². The van der Waals surface area contributed by atoms with E-state index in [0.717, 1.165) is 11.8 Å². The number of carbonyl (C=O) groups excluding carboxylic acids is 4. The van der Waals surface area contributed by atoms with Crippen molar-refractivity contribution in [3.8, 4) is 6.07 Å². The summed E-state index contributed by atoms with van der Waals surface area (Å²) in [6.45, 7) is 6.50. The lowest BCUT2D eigenvalue weighted by atomic mass is 9.77. The second-order valence-electron chi connectivity index (χ2n) is 9.28. The molecule has 0 saturated carbocycles. The van der Waals surface area contributed by atoms with Crippen molar-refractivity contribution in [1.29, 1.82) is 5.26 Å². The number of nitrogens with one attached hydrogen (secondary N) is 1. The first-order chi connectivity index (χ1) is 17.0. The number of hydrogen-bond acceptors (Lipinski definition) is 10. The fourth-order valence-corrected chi connectivity index (χ4v) is 7.57. The Bertz CT molecular complexity index is 1140. The lowest BCUT2D eigenvalue weighted by Gasteiger charge is -2.48. The minimum Gasteiger partial charge on any atom is -0.379 e. The van der Waals surface area contributed by atoms with Crippen molar-refractivity contribution in [1.82, 2.24) is 20.1 Å². The van der Waals surface area contributed by atoms with E-state index in [0.29, 0.717) is 43.6 Å². The third-order valence-electron chi connectivity index (χ3n) is 6.62. The second-order valence-corrected chi connectivity index (χ2v) is 12.7. The number of nitrogens with zero attached hydrogens (tertiary/aromatic N) is 4. The highest BCUT2D eigenvalue weighted by Crippen LogP contribution is 2.61. The van der Waals surface area contributed by atoms with Gasteiger partial charge in [0.2, 0.25) is 0 Å². The fraction of sp³-hybridized carbons (Fsp3) is 0.565. The van der Waals surface area contributed by atoms with Gasteiger partial charge in [-0.2, -0.15) is 5.26 Å². The van der Waals surface area contributed by atoms with Crippen molar-refractivity contribution in [2.24, 2.45) is 5.41 Å². The Morgan fingerprint density at radius 3 is 2.47 bits per heavy atom. The molecule has 0 aliphatic carbocycles. The molecule has 36 heavy (non-hydrogen) atoms. The summed E-state index contributed by atoms with van der Waals surface area (Å²) in [5.41, 5.74) is -0.757. The van der Waals surface area contributed by atoms with Gasteiger partial charge in [0.25, 0.3) is 11.8 Å². The van der Waals surface area contributed by atoms with Crippen LogP contribution in [-0.2, 0) is 23.9 Å². The van der Waals surface area contributed by atoms with Gasteiger partial charge in [-0.15, -0.1) is 0 Å². The molecule has 0 unspecified atom stereocenters. The van der Waals surface area contributed by atoms with Crippen LogP contribution < -0.4 is 5.32 Å². The van der Waals surface area contributed by atoms with Crippen LogP contribution in [0.25, 0.3) is 0 Å². The molecule has 4 atom stereocenters. The van der Waals surface area contributed by atoms with Gasteiger partial charge in [-0.3, -0.25) is 24.1 Å². The first-order valence-electron chi connectivity index (χ1n) is 11.3. The number of nitriles is 1. The zero-order valence-corrected chi connectivity index (χ0v) is 22.5. The quantitative estimate of drug-likeness (QED) is 0.541. The number of ether oxygens (including phenoxy) is 1. The summed E-state index contributed by atoms with van der Waals surface area (Å²) in [4.78, 5) is 56.8. The van der Waals surface area contributed by atoms with E-state index >= 15 is 0 Å². The van der Waals surface area contributed by atoms with Crippen LogP contribution in [0, 0.1) is 16.7 Å². The number of fused-ring (bicyclic) bond motifs is 1. The molecule has 1 aromatic heterocycles. The fourth-order valence-electron chi connectivity index (χ4n) is 5.31. The molecule has 0 spiro atoms. The maximum Gasteiger partial charge on any atom is 0.261 e. The van der Waals surface area contributed by atoms with E-state index in [-0.39, 0.29) is 28.3 Å². The number of aromatic nitrogens is 1. The number of pyridine rings is 1. The summed E-state index contributed by atoms with van der Waals surface area (Å²) in [7, 11) is 0. The largest absolute Gasteiger partial charge is 0.379 e. The molecular formula is C23H26ClN5O5S2. The predicted molar refractivity (Wildman–Crippen MR) is 135 cm³/mol. The third kappa shape index (κ3) is 4.63. The van der Waals surface area contributed by atoms with Gasteiger partial charge in [0.05, 0.1) is 30.7 Å². The van der Waals surface area contributed by atoms with Crippen molar-refractivity contribution >= 4 is 57.2 Å². The molecule has 10 nitrogen and oxygen atoms in total. The Kier molecular flexibility index (Phi) is 7.43. The Balaban J connectivity index is 1.93. The van der Waals surface area contributed by atoms with Crippen molar-refractivity contribution in [3.63, 3.8) is 0 Å². The molecular weight excluding hydrogens is 526 g/mol. The smallest absolute Gasteiger partial charge is 0.261 e. The number of morpholine rings is 1. The molecule has 4 rings (SSSR count). The number of rotatable bonds is 5. The van der Waals surface area contributed by atoms with Gasteiger partial charge in [-0.1, -0.05) is 29.4 Å². The van der Waals surface area contributed by atoms with Crippen LogP contribution >= 0.6 is 35.1 Å². The normalized spacial score (nSPS) is 32.5. The van der Waals surface area contributed by atoms with E-state index < -0.39 is 33.0 Å². The molecule has 3 aliphatic heterocycles. The van der Waals surface area contributed by atoms with E-state index in [2.05, 4.69) is 21.3 Å². The molecule has 0 bridgehead atoms. The summed E-state index contributed by atoms with van der Waals surface area (Å²) >= 11 is 7.46. The SMILES string of the molecule is CC(=O)S[C@]1(C)NC(=O)[C@@]2(SC(C)=O)C[C@@](C#N)(CN3CCOCC3)[C@H](c3ccc(Cl)nc3)N2C1=O. The molecule has 0 radical (unpaired) electrons. The van der Waals surface area contributed by atoms with Crippen LogP contribution in [0.1, 0.15) is 38.8 Å². The van der Waals surface area contributed by atoms with Crippen LogP contribution in [0.3, 0.4) is 0 Å². The Hall–Kier alpha value is -2.17. The van der Waals surface area contributed by atoms with E-state index in [1.807, 2.05) is 0 Å². The summed E-state index contributed by atoms with van der Waals surface area (Å²) in [6, 6.07) is 4.75. The Morgan fingerprint density at radius 2 is 1.92 bits per heavy atom. The third-order valence-corrected chi connectivity index (χ3v) is 8.97. The van der Waals surface area contributed by atoms with E-state index in [9.17, 15) is 24.4 Å². The van der Waals surface area contributed by atoms with Gasteiger partial charge in [0.1, 0.15) is 5.15 Å². The summed E-state index contributed by atoms with van der Waals surface area (Å²) in [5.74, 6) is -1.15. The first kappa shape index (κ1) is 26.9. The molecule has 0 aromatic carbocycles. The molecule has 192 valence electrons. The number of halogens is 1.